The van der Waals surface area contributed by atoms with E-state index in [1.807, 2.05) is 26.8 Å². The molecule has 2 aromatic carbocycles. The molecule has 38 heavy (non-hydrogen) atoms. The quantitative estimate of drug-likeness (QED) is 0.463. The third kappa shape index (κ3) is 4.59. The molecule has 0 radical (unpaired) electrons. The van der Waals surface area contributed by atoms with Gasteiger partial charge in [0, 0.05) is 45.2 Å². The number of methoxy groups -OCH3 is 1. The number of ether oxygens (including phenoxy) is 1. The number of hydrogen-bond donors (Lipinski definition) is 0. The lowest BCUT2D eigenvalue weighted by Crippen LogP contribution is -2.68. The molecule has 0 bridgehead atoms. The first-order valence-corrected chi connectivity index (χ1v) is 14.7. The Labute approximate surface area is 225 Å². The van der Waals surface area contributed by atoms with E-state index in [0.717, 1.165) is 36.1 Å². The number of sulfonamides is 1. The Morgan fingerprint density at radius 3 is 2.39 bits per heavy atom. The van der Waals surface area contributed by atoms with Gasteiger partial charge in [-0.05, 0) is 74.0 Å². The van der Waals surface area contributed by atoms with Crippen LogP contribution in [-0.4, -0.2) is 72.6 Å². The third-order valence-corrected chi connectivity index (χ3v) is 10.5. The average molecular weight is 541 g/mol. The van der Waals surface area contributed by atoms with Crippen molar-refractivity contribution >= 4 is 10.0 Å². The van der Waals surface area contributed by atoms with E-state index in [0.29, 0.717) is 31.1 Å². The van der Waals surface area contributed by atoms with Gasteiger partial charge < -0.3 is 9.30 Å². The molecular weight excluding hydrogens is 503 g/mol. The fourth-order valence-corrected chi connectivity index (χ4v) is 7.76. The number of aryl methyl sites for hydroxylation is 1. The zero-order valence-corrected chi connectivity index (χ0v) is 23.6. The molecular formula is C29H37FN4O3S. The second-order valence-corrected chi connectivity index (χ2v) is 12.5. The Kier molecular flexibility index (Phi) is 7.48. The van der Waals surface area contributed by atoms with Crippen LogP contribution in [-0.2, 0) is 21.8 Å². The van der Waals surface area contributed by atoms with E-state index >= 15 is 0 Å². The molecule has 0 spiro atoms. The Morgan fingerprint density at radius 2 is 1.74 bits per heavy atom. The number of imidazole rings is 1. The molecule has 3 atom stereocenters. The predicted molar refractivity (Wildman–Crippen MR) is 146 cm³/mol. The van der Waals surface area contributed by atoms with Crippen molar-refractivity contribution in [1.29, 1.82) is 0 Å². The summed E-state index contributed by atoms with van der Waals surface area (Å²) in [6, 6.07) is 12.1. The molecule has 2 fully saturated rings. The van der Waals surface area contributed by atoms with Gasteiger partial charge >= 0.3 is 0 Å². The fourth-order valence-electron chi connectivity index (χ4n) is 6.12. The van der Waals surface area contributed by atoms with E-state index in [9.17, 15) is 12.8 Å². The monoisotopic (exact) mass is 540 g/mol. The van der Waals surface area contributed by atoms with Crippen molar-refractivity contribution in [2.45, 2.75) is 56.6 Å². The average Bonchev–Trinajstić information content (AvgIpc) is 3.22. The van der Waals surface area contributed by atoms with Crippen LogP contribution in [0.25, 0.3) is 11.1 Å². The Balaban J connectivity index is 1.45. The van der Waals surface area contributed by atoms with Gasteiger partial charge in [-0.3, -0.25) is 4.90 Å². The summed E-state index contributed by atoms with van der Waals surface area (Å²) in [4.78, 5) is 6.65. The van der Waals surface area contributed by atoms with Gasteiger partial charge in [0.05, 0.1) is 12.8 Å². The van der Waals surface area contributed by atoms with Crippen molar-refractivity contribution in [3.8, 4) is 11.1 Å². The summed E-state index contributed by atoms with van der Waals surface area (Å²) in [7, 11) is -0.210. The first-order valence-electron chi connectivity index (χ1n) is 13.2. The van der Waals surface area contributed by atoms with Gasteiger partial charge in [-0.2, -0.15) is 4.31 Å². The van der Waals surface area contributed by atoms with Crippen molar-refractivity contribution in [3.63, 3.8) is 0 Å². The van der Waals surface area contributed by atoms with Crippen molar-refractivity contribution in [3.05, 3.63) is 70.9 Å². The van der Waals surface area contributed by atoms with Crippen LogP contribution >= 0.6 is 0 Å². The normalized spacial score (nSPS) is 22.9. The molecule has 7 nitrogen and oxygen atoms in total. The van der Waals surface area contributed by atoms with Crippen molar-refractivity contribution in [1.82, 2.24) is 18.8 Å². The summed E-state index contributed by atoms with van der Waals surface area (Å²) in [6.45, 7) is 8.02. The molecule has 0 aliphatic carbocycles. The standard InChI is InChI=1S/C29H37FN4O3S/c1-19-20(2)25(30)13-12-24(19)22-8-10-23(11-9-22)29-26-17-33(14-6-7-15-34(26)27(29)18-37-5)38(35,36)28-16-31-21(3)32(28)4/h8-13,16,26-27,29H,6-7,14-15,17-18H2,1-5H3/t26?,27-,29+/m1/s1. The highest BCUT2D eigenvalue weighted by atomic mass is 32.2. The van der Waals surface area contributed by atoms with Crippen LogP contribution in [0, 0.1) is 26.6 Å². The van der Waals surface area contributed by atoms with Crippen LogP contribution in [0.15, 0.2) is 47.6 Å². The van der Waals surface area contributed by atoms with Crippen LogP contribution in [0.2, 0.25) is 0 Å². The van der Waals surface area contributed by atoms with Gasteiger partial charge in [0.25, 0.3) is 10.0 Å². The first kappa shape index (κ1) is 27.0. The summed E-state index contributed by atoms with van der Waals surface area (Å²) in [5.74, 6) is 0.625. The molecule has 3 aromatic rings. The molecule has 0 saturated carbocycles. The number of benzene rings is 2. The van der Waals surface area contributed by atoms with Crippen molar-refractivity contribution in [2.24, 2.45) is 7.05 Å². The van der Waals surface area contributed by atoms with E-state index in [2.05, 4.69) is 34.1 Å². The number of aromatic nitrogens is 2. The van der Waals surface area contributed by atoms with Crippen molar-refractivity contribution < 1.29 is 17.5 Å². The van der Waals surface area contributed by atoms with Gasteiger partial charge in [-0.15, -0.1) is 0 Å². The topological polar surface area (TPSA) is 67.7 Å². The largest absolute Gasteiger partial charge is 0.383 e. The first-order chi connectivity index (χ1) is 18.1. The van der Waals surface area contributed by atoms with Crippen molar-refractivity contribution in [2.75, 3.05) is 33.4 Å². The SMILES string of the molecule is COC[C@@H]1[C@@H](c2ccc(-c3ccc(F)c(C)c3C)cc2)C2CN(S(=O)(=O)c3cnc(C)n3C)CCCCN21. The maximum atomic E-state index is 14.0. The van der Waals surface area contributed by atoms with E-state index in [1.165, 1.54) is 17.8 Å². The second kappa shape index (κ2) is 10.5. The minimum atomic E-state index is -3.68. The summed E-state index contributed by atoms with van der Waals surface area (Å²) in [5.41, 5.74) is 4.84. The lowest BCUT2D eigenvalue weighted by Gasteiger charge is -2.57. The Morgan fingerprint density at radius 1 is 1.03 bits per heavy atom. The molecule has 2 aliphatic heterocycles. The number of fused-ring (bicyclic) bond motifs is 1. The molecule has 0 N–H and O–H groups in total. The predicted octanol–water partition coefficient (Wildman–Crippen LogP) is 4.42. The second-order valence-electron chi connectivity index (χ2n) is 10.6. The Hall–Kier alpha value is -2.59. The Bertz CT molecular complexity index is 1420. The molecule has 1 aromatic heterocycles. The smallest absolute Gasteiger partial charge is 0.260 e. The molecule has 204 valence electrons. The van der Waals surface area contributed by atoms with E-state index in [4.69, 9.17) is 4.74 Å². The van der Waals surface area contributed by atoms with E-state index in [1.54, 1.807) is 23.0 Å². The number of halogens is 1. The lowest BCUT2D eigenvalue weighted by molar-refractivity contribution is -0.0635. The minimum absolute atomic E-state index is 0.0557. The molecule has 9 heteroatoms. The highest BCUT2D eigenvalue weighted by molar-refractivity contribution is 7.89. The summed E-state index contributed by atoms with van der Waals surface area (Å²) >= 11 is 0. The van der Waals surface area contributed by atoms with Crippen LogP contribution < -0.4 is 0 Å². The summed E-state index contributed by atoms with van der Waals surface area (Å²) < 4.78 is 50.3. The van der Waals surface area contributed by atoms with Gasteiger partial charge in [0.1, 0.15) is 11.6 Å². The van der Waals surface area contributed by atoms with Crippen LogP contribution in [0.4, 0.5) is 4.39 Å². The van der Waals surface area contributed by atoms with Crippen LogP contribution in [0.5, 0.6) is 0 Å². The molecule has 1 unspecified atom stereocenters. The lowest BCUT2D eigenvalue weighted by atomic mass is 9.74. The summed E-state index contributed by atoms with van der Waals surface area (Å²) in [6.07, 6.45) is 3.21. The fraction of sp³-hybridized carbons (Fsp3) is 0.483. The highest BCUT2D eigenvalue weighted by Crippen LogP contribution is 2.43. The van der Waals surface area contributed by atoms with E-state index in [-0.39, 0.29) is 28.8 Å². The van der Waals surface area contributed by atoms with Gasteiger partial charge in [0.2, 0.25) is 0 Å². The maximum Gasteiger partial charge on any atom is 0.260 e. The zero-order chi connectivity index (χ0) is 27.2. The molecule has 3 heterocycles. The summed E-state index contributed by atoms with van der Waals surface area (Å²) in [5, 5.41) is 0.237. The van der Waals surface area contributed by atoms with Gasteiger partial charge in [-0.1, -0.05) is 30.3 Å². The van der Waals surface area contributed by atoms with Gasteiger partial charge in [0.15, 0.2) is 5.03 Å². The zero-order valence-electron chi connectivity index (χ0n) is 22.8. The van der Waals surface area contributed by atoms with Crippen LogP contribution in [0.1, 0.15) is 41.3 Å². The number of nitrogens with zero attached hydrogens (tertiary/aromatic N) is 4. The molecule has 2 aliphatic rings. The molecule has 5 rings (SSSR count). The maximum absolute atomic E-state index is 14.0. The van der Waals surface area contributed by atoms with Crippen LogP contribution in [0.3, 0.4) is 0 Å². The highest BCUT2D eigenvalue weighted by Gasteiger charge is 2.50. The number of rotatable bonds is 6. The van der Waals surface area contributed by atoms with Gasteiger partial charge in [-0.25, -0.2) is 17.8 Å². The molecule has 0 amide bonds. The molecule has 2 saturated heterocycles. The minimum Gasteiger partial charge on any atom is -0.383 e. The van der Waals surface area contributed by atoms with E-state index < -0.39 is 10.0 Å². The number of hydrogen-bond acceptors (Lipinski definition) is 5. The third-order valence-electron chi connectivity index (χ3n) is 8.59.